The van der Waals surface area contributed by atoms with Gasteiger partial charge >= 0.3 is 12.2 Å². The van der Waals surface area contributed by atoms with E-state index >= 15 is 0 Å². The zero-order valence-electron chi connectivity index (χ0n) is 19.8. The predicted molar refractivity (Wildman–Crippen MR) is 133 cm³/mol. The average Bonchev–Trinajstić information content (AvgIpc) is 3.32. The maximum Gasteiger partial charge on any atom is 0.416 e. The van der Waals surface area contributed by atoms with Crippen LogP contribution in [0.4, 0.5) is 35.2 Å². The number of alkyl halides is 3. The molecule has 0 aliphatic carbocycles. The molecule has 0 spiro atoms. The van der Waals surface area contributed by atoms with E-state index in [2.05, 4.69) is 36.2 Å². The SMILES string of the molecule is CNC(=O)CCc1ccc(NC(=O)Nc2ccc(-n3cnc4c(NC)ncnc43)cc2)cc1C(F)(F)F. The fourth-order valence-electron chi connectivity index (χ4n) is 3.71. The third kappa shape index (κ3) is 5.77. The van der Waals surface area contributed by atoms with Gasteiger partial charge in [0.25, 0.3) is 0 Å². The lowest BCUT2D eigenvalue weighted by Crippen LogP contribution is -2.21. The molecule has 0 aliphatic rings. The number of carbonyl (C=O) groups is 2. The van der Waals surface area contributed by atoms with E-state index in [4.69, 9.17) is 0 Å². The minimum absolute atomic E-state index is 0.0308. The Bertz CT molecular complexity index is 1430. The number of aryl methyl sites for hydroxylation is 1. The smallest absolute Gasteiger partial charge is 0.371 e. The van der Waals surface area contributed by atoms with Crippen molar-refractivity contribution < 1.29 is 22.8 Å². The number of hydrogen-bond acceptors (Lipinski definition) is 6. The van der Waals surface area contributed by atoms with E-state index in [9.17, 15) is 22.8 Å². The van der Waals surface area contributed by atoms with Crippen molar-refractivity contribution in [1.29, 1.82) is 0 Å². The molecule has 0 atom stereocenters. The molecule has 2 heterocycles. The standard InChI is InChI=1S/C24H23F3N8O2/c1-28-19(36)10-4-14-3-5-16(11-18(14)24(25,26)27)34-23(37)33-15-6-8-17(9-7-15)35-13-32-20-21(29-2)30-12-31-22(20)35/h3,5-9,11-13H,4,10H2,1-2H3,(H,28,36)(H,29,30,31)(H2,33,34,37). The number of anilines is 3. The summed E-state index contributed by atoms with van der Waals surface area (Å²) in [6.07, 6.45) is -1.78. The van der Waals surface area contributed by atoms with Gasteiger partial charge in [-0.25, -0.2) is 19.7 Å². The van der Waals surface area contributed by atoms with Crippen LogP contribution >= 0.6 is 0 Å². The quantitative estimate of drug-likeness (QED) is 0.294. The third-order valence-electron chi connectivity index (χ3n) is 5.55. The van der Waals surface area contributed by atoms with Gasteiger partial charge in [-0.1, -0.05) is 6.07 Å². The van der Waals surface area contributed by atoms with Gasteiger partial charge in [0.15, 0.2) is 17.0 Å². The van der Waals surface area contributed by atoms with E-state index in [0.29, 0.717) is 22.7 Å². The molecular weight excluding hydrogens is 489 g/mol. The van der Waals surface area contributed by atoms with Crippen molar-refractivity contribution in [2.24, 2.45) is 0 Å². The highest BCUT2D eigenvalue weighted by atomic mass is 19.4. The van der Waals surface area contributed by atoms with Gasteiger partial charge in [-0.05, 0) is 48.4 Å². The number of benzene rings is 2. The Morgan fingerprint density at radius 3 is 2.32 bits per heavy atom. The summed E-state index contributed by atoms with van der Waals surface area (Å²) in [5, 5.41) is 10.3. The van der Waals surface area contributed by atoms with E-state index in [1.807, 2.05) is 0 Å². The zero-order chi connectivity index (χ0) is 26.6. The molecule has 2 aromatic carbocycles. The minimum atomic E-state index is -4.64. The summed E-state index contributed by atoms with van der Waals surface area (Å²) in [7, 11) is 3.15. The Morgan fingerprint density at radius 2 is 1.65 bits per heavy atom. The Hall–Kier alpha value is -4.68. The van der Waals surface area contributed by atoms with Crippen molar-refractivity contribution in [3.8, 4) is 5.69 Å². The van der Waals surface area contributed by atoms with Crippen LogP contribution in [-0.2, 0) is 17.4 Å². The number of imidazole rings is 1. The van der Waals surface area contributed by atoms with Crippen LogP contribution in [0.25, 0.3) is 16.9 Å². The molecule has 4 rings (SSSR count). The van der Waals surface area contributed by atoms with E-state index in [1.165, 1.54) is 25.5 Å². The summed E-state index contributed by atoms with van der Waals surface area (Å²) in [5.74, 6) is 0.227. The maximum atomic E-state index is 13.6. The normalized spacial score (nSPS) is 11.3. The van der Waals surface area contributed by atoms with Crippen LogP contribution in [0.1, 0.15) is 17.5 Å². The van der Waals surface area contributed by atoms with E-state index in [0.717, 1.165) is 11.8 Å². The highest BCUT2D eigenvalue weighted by Crippen LogP contribution is 2.34. The molecule has 0 saturated carbocycles. The number of nitrogens with zero attached hydrogens (tertiary/aromatic N) is 4. The van der Waals surface area contributed by atoms with E-state index in [1.54, 1.807) is 42.2 Å². The fraction of sp³-hybridized carbons (Fsp3) is 0.208. The van der Waals surface area contributed by atoms with Crippen LogP contribution in [0.5, 0.6) is 0 Å². The van der Waals surface area contributed by atoms with Crippen molar-refractivity contribution in [1.82, 2.24) is 24.8 Å². The van der Waals surface area contributed by atoms with Gasteiger partial charge in [-0.3, -0.25) is 9.36 Å². The molecule has 13 heteroatoms. The van der Waals surface area contributed by atoms with Crippen LogP contribution in [0.3, 0.4) is 0 Å². The number of nitrogens with one attached hydrogen (secondary N) is 4. The molecule has 0 aliphatic heterocycles. The molecular formula is C24H23F3N8O2. The first-order chi connectivity index (χ1) is 17.7. The number of fused-ring (bicyclic) bond motifs is 1. The van der Waals surface area contributed by atoms with Crippen LogP contribution in [0.15, 0.2) is 55.1 Å². The zero-order valence-corrected chi connectivity index (χ0v) is 19.8. The van der Waals surface area contributed by atoms with E-state index in [-0.39, 0.29) is 30.0 Å². The molecule has 37 heavy (non-hydrogen) atoms. The molecule has 0 saturated heterocycles. The van der Waals surface area contributed by atoms with Crippen molar-refractivity contribution in [2.75, 3.05) is 30.0 Å². The Kier molecular flexibility index (Phi) is 7.22. The molecule has 2 aromatic heterocycles. The summed E-state index contributed by atoms with van der Waals surface area (Å²) in [6, 6.07) is 9.53. The van der Waals surface area contributed by atoms with Crippen LogP contribution in [0, 0.1) is 0 Å². The van der Waals surface area contributed by atoms with Gasteiger partial charge < -0.3 is 21.3 Å². The number of aromatic nitrogens is 4. The molecule has 10 nitrogen and oxygen atoms in total. The van der Waals surface area contributed by atoms with Crippen LogP contribution < -0.4 is 21.3 Å². The van der Waals surface area contributed by atoms with Crippen LogP contribution in [-0.4, -0.2) is 45.6 Å². The summed E-state index contributed by atoms with van der Waals surface area (Å²) < 4.78 is 42.5. The molecule has 4 N–H and O–H groups in total. The lowest BCUT2D eigenvalue weighted by molar-refractivity contribution is -0.138. The van der Waals surface area contributed by atoms with Crippen molar-refractivity contribution >= 4 is 40.3 Å². The second-order valence-electron chi connectivity index (χ2n) is 7.93. The Morgan fingerprint density at radius 1 is 0.946 bits per heavy atom. The number of halogens is 3. The molecule has 0 radical (unpaired) electrons. The topological polar surface area (TPSA) is 126 Å². The molecule has 3 amide bonds. The first-order valence-electron chi connectivity index (χ1n) is 11.1. The highest BCUT2D eigenvalue weighted by molar-refractivity contribution is 6.00. The second-order valence-corrected chi connectivity index (χ2v) is 7.93. The van der Waals surface area contributed by atoms with Gasteiger partial charge in [0.1, 0.15) is 12.7 Å². The number of hydrogen-bond donors (Lipinski definition) is 4. The Balaban J connectivity index is 1.46. The van der Waals surface area contributed by atoms with Crippen molar-refractivity contribution in [3.05, 3.63) is 66.2 Å². The van der Waals surface area contributed by atoms with Crippen molar-refractivity contribution in [3.63, 3.8) is 0 Å². The summed E-state index contributed by atoms with van der Waals surface area (Å²) in [6.45, 7) is 0. The van der Waals surface area contributed by atoms with Gasteiger partial charge in [0.05, 0.1) is 5.56 Å². The highest BCUT2D eigenvalue weighted by Gasteiger charge is 2.33. The molecule has 0 bridgehead atoms. The number of amides is 3. The maximum absolute atomic E-state index is 13.6. The molecule has 0 fully saturated rings. The van der Waals surface area contributed by atoms with Gasteiger partial charge in [-0.15, -0.1) is 0 Å². The second kappa shape index (κ2) is 10.5. The van der Waals surface area contributed by atoms with Gasteiger partial charge in [-0.2, -0.15) is 13.2 Å². The van der Waals surface area contributed by atoms with Crippen LogP contribution in [0.2, 0.25) is 0 Å². The molecule has 192 valence electrons. The van der Waals surface area contributed by atoms with Gasteiger partial charge in [0, 0.05) is 37.6 Å². The summed E-state index contributed by atoms with van der Waals surface area (Å²) in [5.41, 5.74) is 1.38. The number of urea groups is 1. The molecule has 0 unspecified atom stereocenters. The first kappa shape index (κ1) is 25.4. The first-order valence-corrected chi connectivity index (χ1v) is 11.1. The summed E-state index contributed by atoms with van der Waals surface area (Å²) in [4.78, 5) is 36.6. The lowest BCUT2D eigenvalue weighted by Gasteiger charge is -2.15. The summed E-state index contributed by atoms with van der Waals surface area (Å²) >= 11 is 0. The van der Waals surface area contributed by atoms with E-state index < -0.39 is 17.8 Å². The largest absolute Gasteiger partial charge is 0.416 e. The van der Waals surface area contributed by atoms with Gasteiger partial charge in [0.2, 0.25) is 5.91 Å². The molecule has 4 aromatic rings. The number of rotatable bonds is 7. The monoisotopic (exact) mass is 512 g/mol. The minimum Gasteiger partial charge on any atom is -0.371 e. The third-order valence-corrected chi connectivity index (χ3v) is 5.55. The number of carbonyl (C=O) groups excluding carboxylic acids is 2. The van der Waals surface area contributed by atoms with Crippen molar-refractivity contribution in [2.45, 2.75) is 19.0 Å². The average molecular weight is 512 g/mol. The predicted octanol–water partition coefficient (Wildman–Crippen LogP) is 4.20. The fourth-order valence-corrected chi connectivity index (χ4v) is 3.71. The lowest BCUT2D eigenvalue weighted by atomic mass is 10.0. The Labute approximate surface area is 209 Å².